The average Bonchev–Trinajstić information content (AvgIpc) is 2.57. The number of ether oxygens (including phenoxy) is 2. The molecule has 1 fully saturated rings. The van der Waals surface area contributed by atoms with E-state index in [-0.39, 0.29) is 19.0 Å². The molecule has 2 heterocycles. The SMILES string of the molecule is O=C(C1c2ccccc2Oc2ccccc21)N1CC(OCC(F)(F)F)C1. The summed E-state index contributed by atoms with van der Waals surface area (Å²) in [6, 6.07) is 14.6. The second kappa shape index (κ2) is 6.32. The molecule has 0 unspecified atom stereocenters. The first kappa shape index (κ1) is 16.9. The number of para-hydroxylation sites is 2. The highest BCUT2D eigenvalue weighted by Gasteiger charge is 2.41. The summed E-state index contributed by atoms with van der Waals surface area (Å²) in [5.74, 6) is 0.560. The summed E-state index contributed by atoms with van der Waals surface area (Å²) in [6.07, 6.45) is -4.94. The highest BCUT2D eigenvalue weighted by atomic mass is 19.4. The average molecular weight is 363 g/mol. The molecule has 1 amide bonds. The summed E-state index contributed by atoms with van der Waals surface area (Å²) in [6.45, 7) is -0.962. The first-order valence-corrected chi connectivity index (χ1v) is 8.25. The lowest BCUT2D eigenvalue weighted by Crippen LogP contribution is -2.56. The molecule has 0 N–H and O–H groups in total. The van der Waals surface area contributed by atoms with Crippen molar-refractivity contribution in [2.45, 2.75) is 18.2 Å². The molecule has 0 spiro atoms. The number of hydrogen-bond donors (Lipinski definition) is 0. The van der Waals surface area contributed by atoms with E-state index in [9.17, 15) is 18.0 Å². The van der Waals surface area contributed by atoms with E-state index in [0.717, 1.165) is 11.1 Å². The highest BCUT2D eigenvalue weighted by molar-refractivity contribution is 5.90. The van der Waals surface area contributed by atoms with Gasteiger partial charge in [0.05, 0.1) is 12.0 Å². The zero-order chi connectivity index (χ0) is 18.3. The van der Waals surface area contributed by atoms with Gasteiger partial charge in [0.15, 0.2) is 0 Å². The number of carbonyl (C=O) groups is 1. The van der Waals surface area contributed by atoms with Crippen LogP contribution in [0, 0.1) is 0 Å². The molecular formula is C19H16F3NO3. The van der Waals surface area contributed by atoms with E-state index in [1.54, 1.807) is 12.1 Å². The van der Waals surface area contributed by atoms with Crippen molar-refractivity contribution in [2.75, 3.05) is 19.7 Å². The number of alkyl halides is 3. The maximum absolute atomic E-state index is 13.0. The number of benzene rings is 2. The molecule has 4 rings (SSSR count). The molecular weight excluding hydrogens is 347 g/mol. The van der Waals surface area contributed by atoms with Crippen LogP contribution in [-0.2, 0) is 9.53 Å². The molecule has 2 aliphatic rings. The Morgan fingerprint density at radius 2 is 1.58 bits per heavy atom. The monoisotopic (exact) mass is 363 g/mol. The van der Waals surface area contributed by atoms with Crippen LogP contribution in [-0.4, -0.2) is 42.8 Å². The summed E-state index contributed by atoms with van der Waals surface area (Å²) < 4.78 is 47.4. The van der Waals surface area contributed by atoms with E-state index >= 15 is 0 Å². The van der Waals surface area contributed by atoms with Gasteiger partial charge in [-0.3, -0.25) is 4.79 Å². The van der Waals surface area contributed by atoms with Crippen LogP contribution in [0.15, 0.2) is 48.5 Å². The Hall–Kier alpha value is -2.54. The summed E-state index contributed by atoms with van der Waals surface area (Å²) in [5.41, 5.74) is 1.52. The largest absolute Gasteiger partial charge is 0.457 e. The Morgan fingerprint density at radius 1 is 1.04 bits per heavy atom. The van der Waals surface area contributed by atoms with E-state index in [1.807, 2.05) is 36.4 Å². The number of rotatable bonds is 3. The third kappa shape index (κ3) is 3.14. The van der Waals surface area contributed by atoms with Crippen LogP contribution in [0.2, 0.25) is 0 Å². The van der Waals surface area contributed by atoms with Crippen LogP contribution in [0.25, 0.3) is 0 Å². The molecule has 136 valence electrons. The molecule has 4 nitrogen and oxygen atoms in total. The van der Waals surface area contributed by atoms with Gasteiger partial charge >= 0.3 is 6.18 Å². The van der Waals surface area contributed by atoms with E-state index in [2.05, 4.69) is 0 Å². The zero-order valence-electron chi connectivity index (χ0n) is 13.7. The summed E-state index contributed by atoms with van der Waals surface area (Å²) in [4.78, 5) is 14.6. The molecule has 0 radical (unpaired) electrons. The number of fused-ring (bicyclic) bond motifs is 2. The van der Waals surface area contributed by atoms with Crippen LogP contribution in [0.3, 0.4) is 0 Å². The Labute approximate surface area is 148 Å². The maximum atomic E-state index is 13.0. The van der Waals surface area contributed by atoms with Crippen molar-refractivity contribution in [3.63, 3.8) is 0 Å². The van der Waals surface area contributed by atoms with Crippen LogP contribution in [0.5, 0.6) is 11.5 Å². The van der Waals surface area contributed by atoms with E-state index in [1.165, 1.54) is 4.90 Å². The summed E-state index contributed by atoms with van der Waals surface area (Å²) in [5, 5.41) is 0. The Balaban J connectivity index is 1.52. The van der Waals surface area contributed by atoms with Crippen molar-refractivity contribution >= 4 is 5.91 Å². The van der Waals surface area contributed by atoms with Crippen molar-refractivity contribution in [1.29, 1.82) is 0 Å². The molecule has 0 saturated carbocycles. The Bertz CT molecular complexity index is 785. The van der Waals surface area contributed by atoms with Gasteiger partial charge in [0.1, 0.15) is 18.1 Å². The molecule has 0 atom stereocenters. The standard InChI is InChI=1S/C19H16F3NO3/c20-19(21,22)11-25-12-9-23(10-12)18(24)17-13-5-1-3-7-15(13)26-16-8-4-2-6-14(16)17/h1-8,12,17H,9-11H2. The van der Waals surface area contributed by atoms with Crippen molar-refractivity contribution in [3.8, 4) is 11.5 Å². The van der Waals surface area contributed by atoms with Gasteiger partial charge < -0.3 is 14.4 Å². The molecule has 2 aromatic rings. The minimum Gasteiger partial charge on any atom is -0.457 e. The van der Waals surface area contributed by atoms with Crippen LogP contribution in [0.1, 0.15) is 17.0 Å². The predicted octanol–water partition coefficient (Wildman–Crippen LogP) is 3.71. The first-order chi connectivity index (χ1) is 12.4. The molecule has 0 bridgehead atoms. The fraction of sp³-hybridized carbons (Fsp3) is 0.316. The van der Waals surface area contributed by atoms with E-state index < -0.39 is 24.8 Å². The second-order valence-electron chi connectivity index (χ2n) is 6.40. The normalized spacial score (nSPS) is 17.1. The van der Waals surface area contributed by atoms with Gasteiger partial charge in [0, 0.05) is 24.2 Å². The number of carbonyl (C=O) groups excluding carboxylic acids is 1. The van der Waals surface area contributed by atoms with Gasteiger partial charge in [-0.05, 0) is 12.1 Å². The molecule has 2 aliphatic heterocycles. The molecule has 26 heavy (non-hydrogen) atoms. The van der Waals surface area contributed by atoms with Gasteiger partial charge in [0.2, 0.25) is 5.91 Å². The van der Waals surface area contributed by atoms with Gasteiger partial charge in [-0.1, -0.05) is 36.4 Å². The Kier molecular flexibility index (Phi) is 4.11. The predicted molar refractivity (Wildman–Crippen MR) is 87.2 cm³/mol. The summed E-state index contributed by atoms with van der Waals surface area (Å²) >= 11 is 0. The van der Waals surface area contributed by atoms with Crippen LogP contribution in [0.4, 0.5) is 13.2 Å². The quantitative estimate of drug-likeness (QED) is 0.834. The zero-order valence-corrected chi connectivity index (χ0v) is 13.7. The fourth-order valence-corrected chi connectivity index (χ4v) is 3.29. The molecule has 0 aliphatic carbocycles. The number of amides is 1. The van der Waals surface area contributed by atoms with Crippen molar-refractivity contribution in [2.24, 2.45) is 0 Å². The molecule has 2 aromatic carbocycles. The minimum absolute atomic E-state index is 0.153. The molecule has 0 aromatic heterocycles. The second-order valence-corrected chi connectivity index (χ2v) is 6.40. The van der Waals surface area contributed by atoms with Crippen molar-refractivity contribution < 1.29 is 27.4 Å². The lowest BCUT2D eigenvalue weighted by Gasteiger charge is -2.41. The molecule has 1 saturated heterocycles. The van der Waals surface area contributed by atoms with E-state index in [0.29, 0.717) is 11.5 Å². The van der Waals surface area contributed by atoms with Gasteiger partial charge in [-0.2, -0.15) is 13.2 Å². The maximum Gasteiger partial charge on any atom is 0.411 e. The fourth-order valence-electron chi connectivity index (χ4n) is 3.29. The van der Waals surface area contributed by atoms with Gasteiger partial charge in [-0.15, -0.1) is 0 Å². The van der Waals surface area contributed by atoms with Crippen molar-refractivity contribution in [3.05, 3.63) is 59.7 Å². The number of hydrogen-bond acceptors (Lipinski definition) is 3. The first-order valence-electron chi connectivity index (χ1n) is 8.25. The third-order valence-electron chi connectivity index (χ3n) is 4.57. The van der Waals surface area contributed by atoms with Gasteiger partial charge in [0.25, 0.3) is 0 Å². The number of halogens is 3. The highest BCUT2D eigenvalue weighted by Crippen LogP contribution is 2.45. The third-order valence-corrected chi connectivity index (χ3v) is 4.57. The van der Waals surface area contributed by atoms with Crippen LogP contribution >= 0.6 is 0 Å². The van der Waals surface area contributed by atoms with E-state index in [4.69, 9.17) is 9.47 Å². The number of nitrogens with zero attached hydrogens (tertiary/aromatic N) is 1. The lowest BCUT2D eigenvalue weighted by molar-refractivity contribution is -0.200. The lowest BCUT2D eigenvalue weighted by atomic mass is 9.86. The number of likely N-dealkylation sites (tertiary alicyclic amines) is 1. The van der Waals surface area contributed by atoms with Crippen molar-refractivity contribution in [1.82, 2.24) is 4.90 Å². The van der Waals surface area contributed by atoms with Crippen LogP contribution < -0.4 is 4.74 Å². The summed E-state index contributed by atoms with van der Waals surface area (Å²) in [7, 11) is 0. The van der Waals surface area contributed by atoms with Gasteiger partial charge in [-0.25, -0.2) is 0 Å². The topological polar surface area (TPSA) is 38.8 Å². The molecule has 7 heteroatoms. The Morgan fingerprint density at radius 3 is 2.12 bits per heavy atom. The minimum atomic E-state index is -4.36. The smallest absolute Gasteiger partial charge is 0.411 e.